The number of rotatable bonds is 9. The van der Waals surface area contributed by atoms with Gasteiger partial charge in [0.25, 0.3) is 11.8 Å². The molecule has 3 N–H and O–H groups in total. The van der Waals surface area contributed by atoms with Crippen LogP contribution in [0.1, 0.15) is 58.4 Å². The maximum atomic E-state index is 13.8. The number of pyridine rings is 1. The molecule has 2 aromatic carbocycles. The van der Waals surface area contributed by atoms with Crippen LogP contribution in [0.25, 0.3) is 11.0 Å². The number of aryl methyl sites for hydroxylation is 1. The minimum atomic E-state index is -4.21. The Hall–Kier alpha value is -4.23. The van der Waals surface area contributed by atoms with Gasteiger partial charge in [0.15, 0.2) is 0 Å². The number of alkyl halides is 3. The second-order valence-corrected chi connectivity index (χ2v) is 14.2. The van der Waals surface area contributed by atoms with Gasteiger partial charge < -0.3 is 30.2 Å². The first kappa shape index (κ1) is 34.2. The number of carbonyl (C=O) groups is 2. The van der Waals surface area contributed by atoms with Crippen LogP contribution in [0.2, 0.25) is 10.0 Å². The Morgan fingerprint density at radius 2 is 1.76 bits per heavy atom. The van der Waals surface area contributed by atoms with Crippen molar-refractivity contribution in [3.63, 3.8) is 0 Å². The van der Waals surface area contributed by atoms with Gasteiger partial charge in [-0.05, 0) is 73.8 Å². The number of nitrogens with zero attached hydrogens (tertiary/aromatic N) is 4. The van der Waals surface area contributed by atoms with Crippen LogP contribution < -0.4 is 25.6 Å². The third-order valence-electron chi connectivity index (χ3n) is 10.1. The summed E-state index contributed by atoms with van der Waals surface area (Å²) in [4.78, 5) is 37.6. The molecule has 264 valence electrons. The van der Waals surface area contributed by atoms with Crippen molar-refractivity contribution in [2.45, 2.75) is 50.9 Å². The molecule has 3 fully saturated rings. The van der Waals surface area contributed by atoms with Gasteiger partial charge in [0.05, 0.1) is 51.0 Å². The van der Waals surface area contributed by atoms with Crippen LogP contribution in [0, 0.1) is 17.8 Å². The smallest absolute Gasteiger partial charge is 0.391 e. The molecule has 0 spiro atoms. The molecule has 15 heteroatoms. The van der Waals surface area contributed by atoms with Gasteiger partial charge in [-0.3, -0.25) is 9.59 Å². The van der Waals surface area contributed by atoms with Gasteiger partial charge in [-0.15, -0.1) is 0 Å². The highest BCUT2D eigenvalue weighted by atomic mass is 35.5. The summed E-state index contributed by atoms with van der Waals surface area (Å²) in [5.74, 6) is -0.0113. The highest BCUT2D eigenvalue weighted by Gasteiger charge is 2.46. The number of halogens is 5. The number of fused-ring (bicyclic) bond motifs is 2. The molecule has 0 radical (unpaired) electrons. The summed E-state index contributed by atoms with van der Waals surface area (Å²) < 4.78 is 46.7. The Balaban J connectivity index is 1.13. The summed E-state index contributed by atoms with van der Waals surface area (Å²) in [6.07, 6.45) is -0.974. The van der Waals surface area contributed by atoms with E-state index < -0.39 is 12.1 Å². The monoisotopic (exact) mass is 729 g/mol. The third-order valence-corrected chi connectivity index (χ3v) is 10.9. The Morgan fingerprint density at radius 3 is 2.46 bits per heavy atom. The lowest BCUT2D eigenvalue weighted by Gasteiger charge is -2.31. The zero-order valence-electron chi connectivity index (χ0n) is 27.4. The van der Waals surface area contributed by atoms with E-state index in [-0.39, 0.29) is 50.1 Å². The van der Waals surface area contributed by atoms with E-state index in [0.29, 0.717) is 61.6 Å². The van der Waals surface area contributed by atoms with Crippen molar-refractivity contribution in [1.82, 2.24) is 25.2 Å². The molecular weight excluding hydrogens is 694 g/mol. The largest absolute Gasteiger partial charge is 0.481 e. The van der Waals surface area contributed by atoms with E-state index in [9.17, 15) is 22.8 Å². The molecule has 7 rings (SSSR count). The average Bonchev–Trinajstić information content (AvgIpc) is 3.59. The van der Waals surface area contributed by atoms with E-state index in [0.717, 1.165) is 24.3 Å². The van der Waals surface area contributed by atoms with E-state index in [1.165, 1.54) is 25.8 Å². The van der Waals surface area contributed by atoms with Crippen LogP contribution >= 0.6 is 23.2 Å². The van der Waals surface area contributed by atoms with Crippen LogP contribution in [-0.4, -0.2) is 58.8 Å². The molecule has 10 nitrogen and oxygen atoms in total. The van der Waals surface area contributed by atoms with E-state index >= 15 is 0 Å². The van der Waals surface area contributed by atoms with Crippen molar-refractivity contribution < 1.29 is 27.5 Å². The number of piperidine rings is 1. The Labute approximate surface area is 296 Å². The zero-order valence-corrected chi connectivity index (χ0v) is 28.9. The summed E-state index contributed by atoms with van der Waals surface area (Å²) in [5, 5.41) is 9.77. The number of amides is 2. The lowest BCUT2D eigenvalue weighted by atomic mass is 9.85. The molecule has 50 heavy (non-hydrogen) atoms. The first-order valence-electron chi connectivity index (χ1n) is 16.5. The van der Waals surface area contributed by atoms with Gasteiger partial charge >= 0.3 is 6.18 Å². The quantitative estimate of drug-likeness (QED) is 0.166. The molecule has 2 atom stereocenters. The summed E-state index contributed by atoms with van der Waals surface area (Å²) in [6, 6.07) is 9.90. The topological polar surface area (TPSA) is 113 Å². The number of hydrogen-bond donors (Lipinski definition) is 3. The lowest BCUT2D eigenvalue weighted by Crippen LogP contribution is -2.40. The van der Waals surface area contributed by atoms with Crippen molar-refractivity contribution in [1.29, 1.82) is 0 Å². The third kappa shape index (κ3) is 6.89. The number of aromatic nitrogens is 3. The normalized spacial score (nSPS) is 21.5. The molecule has 2 unspecified atom stereocenters. The number of imidazole rings is 1. The van der Waals surface area contributed by atoms with E-state index in [2.05, 4.69) is 25.8 Å². The van der Waals surface area contributed by atoms with Crippen molar-refractivity contribution in [3.05, 3.63) is 69.3 Å². The van der Waals surface area contributed by atoms with Crippen molar-refractivity contribution in [2.24, 2.45) is 24.8 Å². The maximum absolute atomic E-state index is 13.8. The van der Waals surface area contributed by atoms with Gasteiger partial charge in [-0.2, -0.15) is 13.2 Å². The van der Waals surface area contributed by atoms with E-state index in [1.807, 2.05) is 17.7 Å². The molecule has 2 saturated carbocycles. The average molecular weight is 731 g/mol. The number of hydrogen-bond acceptors (Lipinski definition) is 7. The SMILES string of the molecule is COc1cc(C(=O)NCc2ccc(Cl)c(Nc3nc4cc(C(=O)N[C@H]5CC[C@H](C(F)(F)F)CC5)c(N5CC6CC6C5)cc4n3C)c2Cl)ccn1. The second-order valence-electron chi connectivity index (χ2n) is 13.4. The summed E-state index contributed by atoms with van der Waals surface area (Å²) in [6.45, 7) is 1.81. The molecular formula is C35H36Cl2F3N7O3. The molecule has 3 heterocycles. The molecule has 1 aliphatic heterocycles. The first-order chi connectivity index (χ1) is 23.9. The number of nitrogens with one attached hydrogen (secondary N) is 3. The molecule has 2 aliphatic carbocycles. The van der Waals surface area contributed by atoms with Gasteiger partial charge in [-0.1, -0.05) is 29.3 Å². The number of anilines is 3. The maximum Gasteiger partial charge on any atom is 0.391 e. The van der Waals surface area contributed by atoms with Gasteiger partial charge in [-0.25, -0.2) is 9.97 Å². The molecule has 3 aliphatic rings. The fourth-order valence-electron chi connectivity index (χ4n) is 7.10. The van der Waals surface area contributed by atoms with Crippen LogP contribution in [-0.2, 0) is 13.6 Å². The zero-order chi connectivity index (χ0) is 35.3. The van der Waals surface area contributed by atoms with Crippen LogP contribution in [0.4, 0.5) is 30.5 Å². The van der Waals surface area contributed by atoms with Crippen molar-refractivity contribution in [3.8, 4) is 5.88 Å². The van der Waals surface area contributed by atoms with Crippen molar-refractivity contribution in [2.75, 3.05) is 30.4 Å². The molecule has 4 aromatic rings. The highest BCUT2D eigenvalue weighted by molar-refractivity contribution is 6.39. The number of carbonyl (C=O) groups excluding carboxylic acids is 2. The molecule has 2 aromatic heterocycles. The second kappa shape index (κ2) is 13.5. The van der Waals surface area contributed by atoms with Gasteiger partial charge in [0.2, 0.25) is 11.8 Å². The summed E-state index contributed by atoms with van der Waals surface area (Å²) >= 11 is 13.4. The Kier molecular flexibility index (Phi) is 9.23. The van der Waals surface area contributed by atoms with Crippen molar-refractivity contribution >= 4 is 63.4 Å². The minimum absolute atomic E-state index is 0.00372. The fourth-order valence-corrected chi connectivity index (χ4v) is 7.64. The van der Waals surface area contributed by atoms with Crippen LogP contribution in [0.3, 0.4) is 0 Å². The first-order valence-corrected chi connectivity index (χ1v) is 17.3. The molecule has 0 bridgehead atoms. The van der Waals surface area contributed by atoms with Gasteiger partial charge in [0, 0.05) is 50.6 Å². The standard InChI is InChI=1S/C35H36Cl2F3N7O3/c1-46-28-14-27(47-16-20-11-21(20)17-47)24(33(49)43-23-6-4-22(5-7-23)35(38,39)40)13-26(28)44-34(46)45-31-25(36)8-3-19(30(31)37)15-42-32(48)18-9-10-41-29(12-18)50-2/h3,8-10,12-14,20-23H,4-7,11,15-17H2,1-2H3,(H,42,48)(H,43,49)(H,44,45)/t20?,21?,22-,23-. The predicted octanol–water partition coefficient (Wildman–Crippen LogP) is 7.26. The Morgan fingerprint density at radius 1 is 1.02 bits per heavy atom. The summed E-state index contributed by atoms with van der Waals surface area (Å²) in [7, 11) is 3.32. The summed E-state index contributed by atoms with van der Waals surface area (Å²) in [5.41, 5.74) is 3.95. The molecule has 1 saturated heterocycles. The number of benzene rings is 2. The van der Waals surface area contributed by atoms with Crippen LogP contribution in [0.5, 0.6) is 5.88 Å². The Bertz CT molecular complexity index is 1950. The lowest BCUT2D eigenvalue weighted by molar-refractivity contribution is -0.182. The van der Waals surface area contributed by atoms with Crippen LogP contribution in [0.15, 0.2) is 42.6 Å². The predicted molar refractivity (Wildman–Crippen MR) is 185 cm³/mol. The minimum Gasteiger partial charge on any atom is -0.481 e. The fraction of sp³-hybridized carbons (Fsp3) is 0.429. The van der Waals surface area contributed by atoms with E-state index in [4.69, 9.17) is 32.9 Å². The van der Waals surface area contributed by atoms with Gasteiger partial charge in [0.1, 0.15) is 0 Å². The highest BCUT2D eigenvalue weighted by Crippen LogP contribution is 2.47. The number of ether oxygens (including phenoxy) is 1. The molecule has 2 amide bonds. The van der Waals surface area contributed by atoms with E-state index in [1.54, 1.807) is 24.3 Å². The number of methoxy groups -OCH3 is 1.